The first kappa shape index (κ1) is 20.1. The molecule has 238 valence electrons. The number of hydrogen-bond acceptors (Lipinski definition) is 0. The molecule has 0 aliphatic heterocycles. The van der Waals surface area contributed by atoms with Crippen LogP contribution in [0.2, 0.25) is 0 Å². The van der Waals surface area contributed by atoms with E-state index >= 15 is 0 Å². The molecule has 0 radical (unpaired) electrons. The Morgan fingerprint density at radius 3 is 1.78 bits per heavy atom. The molecule has 0 fully saturated rings. The van der Waals surface area contributed by atoms with Crippen LogP contribution in [0, 0.1) is 0 Å². The summed E-state index contributed by atoms with van der Waals surface area (Å²) < 4.78 is 94.7. The monoisotopic (exact) mass is 658 g/mol. The average Bonchev–Trinajstić information content (AvgIpc) is 3.91. The third-order valence-electron chi connectivity index (χ3n) is 10.5. The van der Waals surface area contributed by atoms with Gasteiger partial charge in [-0.2, -0.15) is 0 Å². The highest BCUT2D eigenvalue weighted by Crippen LogP contribution is 2.58. The number of para-hydroxylation sites is 3. The van der Waals surface area contributed by atoms with E-state index in [1.807, 2.05) is 66.7 Å². The highest BCUT2D eigenvalue weighted by molar-refractivity contribution is 6.26. The van der Waals surface area contributed by atoms with E-state index in [1.54, 1.807) is 18.2 Å². The second kappa shape index (κ2) is 10.7. The fourth-order valence-electron chi connectivity index (χ4n) is 8.65. The van der Waals surface area contributed by atoms with Crippen molar-refractivity contribution in [3.63, 3.8) is 0 Å². The minimum atomic E-state index is -1.95. The van der Waals surface area contributed by atoms with Crippen molar-refractivity contribution in [3.8, 4) is 22.5 Å². The Morgan fingerprint density at radius 2 is 1.04 bits per heavy atom. The molecule has 0 atom stereocenters. The van der Waals surface area contributed by atoms with Gasteiger partial charge in [0.1, 0.15) is 0 Å². The van der Waals surface area contributed by atoms with E-state index in [9.17, 15) is 5.48 Å². The van der Waals surface area contributed by atoms with Crippen molar-refractivity contribution >= 4 is 43.6 Å². The summed E-state index contributed by atoms with van der Waals surface area (Å²) in [6.07, 6.45) is 0. The van der Waals surface area contributed by atoms with Gasteiger partial charge in [-0.3, -0.25) is 0 Å². The Balaban J connectivity index is 1.35. The molecule has 2 heterocycles. The molecular formula is C49H32N2. The van der Waals surface area contributed by atoms with Crippen LogP contribution in [0.15, 0.2) is 194 Å². The molecule has 2 nitrogen and oxygen atoms in total. The van der Waals surface area contributed by atoms with E-state index in [0.717, 1.165) is 49.3 Å². The van der Waals surface area contributed by atoms with Gasteiger partial charge in [0.2, 0.25) is 0 Å². The molecule has 2 heteroatoms. The molecule has 0 unspecified atom stereocenters. The SMILES string of the molecule is [2H]c1c([2H])c([2H])c(C2(c3c([2H])c([2H])c([2H])c([2H])c3[2H])c3ccccc3-c3c(-n4c5ccccc5c5c4ccc4c6ccccc6n(-c6ccccc6)c45)cccc32)c([2H])c1[2H]. The summed E-state index contributed by atoms with van der Waals surface area (Å²) in [6, 6.07) is 38.3. The van der Waals surface area contributed by atoms with Crippen LogP contribution in [-0.2, 0) is 5.41 Å². The zero-order valence-electron chi connectivity index (χ0n) is 37.1. The van der Waals surface area contributed by atoms with Gasteiger partial charge in [-0.1, -0.05) is 157 Å². The summed E-state index contributed by atoms with van der Waals surface area (Å²) in [4.78, 5) is 0. The Morgan fingerprint density at radius 1 is 0.431 bits per heavy atom. The van der Waals surface area contributed by atoms with Gasteiger partial charge >= 0.3 is 0 Å². The van der Waals surface area contributed by atoms with E-state index in [0.29, 0.717) is 27.9 Å². The fraction of sp³-hybridized carbons (Fsp3) is 0.0204. The predicted octanol–water partition coefficient (Wildman–Crippen LogP) is 12.2. The van der Waals surface area contributed by atoms with Crippen LogP contribution in [-0.4, -0.2) is 9.13 Å². The molecule has 10 aromatic rings. The number of hydrogen-bond donors (Lipinski definition) is 0. The topological polar surface area (TPSA) is 9.86 Å². The Labute approximate surface area is 310 Å². The van der Waals surface area contributed by atoms with Gasteiger partial charge in [0.05, 0.1) is 46.9 Å². The molecule has 11 rings (SSSR count). The van der Waals surface area contributed by atoms with Crippen LogP contribution in [0.4, 0.5) is 0 Å². The molecular weight excluding hydrogens is 617 g/mol. The first-order valence-electron chi connectivity index (χ1n) is 21.9. The number of nitrogens with zero attached hydrogens (tertiary/aromatic N) is 2. The van der Waals surface area contributed by atoms with E-state index < -0.39 is 65.8 Å². The summed E-state index contributed by atoms with van der Waals surface area (Å²) in [6.45, 7) is 0. The molecule has 0 saturated carbocycles. The lowest BCUT2D eigenvalue weighted by Crippen LogP contribution is -2.28. The maximum absolute atomic E-state index is 9.44. The Kier molecular flexibility index (Phi) is 4.22. The zero-order valence-corrected chi connectivity index (χ0v) is 27.1. The fourth-order valence-corrected chi connectivity index (χ4v) is 8.65. The number of benzene rings is 8. The van der Waals surface area contributed by atoms with Gasteiger partial charge in [-0.15, -0.1) is 0 Å². The van der Waals surface area contributed by atoms with Crippen molar-refractivity contribution in [3.05, 3.63) is 216 Å². The van der Waals surface area contributed by atoms with Crippen molar-refractivity contribution in [2.24, 2.45) is 0 Å². The van der Waals surface area contributed by atoms with Crippen LogP contribution < -0.4 is 0 Å². The molecule has 8 aromatic carbocycles. The van der Waals surface area contributed by atoms with Gasteiger partial charge in [0.15, 0.2) is 0 Å². The third-order valence-corrected chi connectivity index (χ3v) is 10.5. The number of rotatable bonds is 4. The quantitative estimate of drug-likeness (QED) is 0.178. The van der Waals surface area contributed by atoms with Crippen LogP contribution in [0.25, 0.3) is 66.1 Å². The zero-order chi connectivity index (χ0) is 42.2. The number of aromatic nitrogens is 2. The van der Waals surface area contributed by atoms with E-state index in [2.05, 4.69) is 57.7 Å². The van der Waals surface area contributed by atoms with E-state index in [4.69, 9.17) is 8.22 Å². The summed E-state index contributed by atoms with van der Waals surface area (Å²) in [7, 11) is 0. The van der Waals surface area contributed by atoms with Crippen molar-refractivity contribution in [1.82, 2.24) is 9.13 Å². The lowest BCUT2D eigenvalue weighted by molar-refractivity contribution is 0.768. The summed E-state index contributed by atoms with van der Waals surface area (Å²) in [5.74, 6) is 0. The maximum Gasteiger partial charge on any atom is 0.0714 e. The summed E-state index contributed by atoms with van der Waals surface area (Å²) in [5.41, 5.74) is 5.38. The van der Waals surface area contributed by atoms with Gasteiger partial charge in [-0.05, 0) is 64.2 Å². The van der Waals surface area contributed by atoms with E-state index in [-0.39, 0.29) is 11.1 Å². The van der Waals surface area contributed by atoms with E-state index in [1.165, 1.54) is 0 Å². The molecule has 0 amide bonds. The molecule has 0 saturated heterocycles. The minimum Gasteiger partial charge on any atom is -0.309 e. The molecule has 0 spiro atoms. The molecule has 1 aliphatic carbocycles. The second-order valence-corrected chi connectivity index (χ2v) is 12.9. The largest absolute Gasteiger partial charge is 0.309 e. The standard InChI is InChI=1S/C49H32N2/c1-4-17-33(18-5-1)49(34-19-6-2-7-20-34)40-26-13-10-24-38(40)46-41(49)27-16-30-44(46)51-43-29-15-12-25-39(43)47-45(51)32-31-37-36-23-11-14-28-42(36)50(48(37)47)35-21-8-3-9-22-35/h1-32H/i1D,2D,4D,5D,6D,7D,17D,18D,19D,20D. The van der Waals surface area contributed by atoms with Crippen molar-refractivity contribution in [2.45, 2.75) is 5.41 Å². The van der Waals surface area contributed by atoms with Crippen LogP contribution >= 0.6 is 0 Å². The molecule has 0 N–H and O–H groups in total. The lowest BCUT2D eigenvalue weighted by atomic mass is 9.68. The maximum atomic E-state index is 9.44. The highest BCUT2D eigenvalue weighted by atomic mass is 15.0. The van der Waals surface area contributed by atoms with Crippen LogP contribution in [0.5, 0.6) is 0 Å². The van der Waals surface area contributed by atoms with Gasteiger partial charge in [-0.25, -0.2) is 0 Å². The van der Waals surface area contributed by atoms with Gasteiger partial charge < -0.3 is 9.13 Å². The third kappa shape index (κ3) is 3.71. The van der Waals surface area contributed by atoms with Gasteiger partial charge in [0, 0.05) is 32.8 Å². The molecule has 1 aliphatic rings. The summed E-state index contributed by atoms with van der Waals surface area (Å²) >= 11 is 0. The smallest absolute Gasteiger partial charge is 0.0714 e. The Hall–Kier alpha value is -6.64. The van der Waals surface area contributed by atoms with Crippen molar-refractivity contribution < 1.29 is 13.7 Å². The van der Waals surface area contributed by atoms with Crippen molar-refractivity contribution in [1.29, 1.82) is 0 Å². The lowest BCUT2D eigenvalue weighted by Gasteiger charge is -2.34. The van der Waals surface area contributed by atoms with Crippen LogP contribution in [0.3, 0.4) is 0 Å². The number of fused-ring (bicyclic) bond motifs is 10. The molecule has 2 aromatic heterocycles. The summed E-state index contributed by atoms with van der Waals surface area (Å²) in [5, 5.41) is 4.20. The second-order valence-electron chi connectivity index (χ2n) is 12.9. The van der Waals surface area contributed by atoms with Gasteiger partial charge in [0.25, 0.3) is 0 Å². The first-order valence-corrected chi connectivity index (χ1v) is 16.9. The van der Waals surface area contributed by atoms with Crippen LogP contribution in [0.1, 0.15) is 36.0 Å². The highest BCUT2D eigenvalue weighted by Gasteiger charge is 2.47. The first-order chi connectivity index (χ1) is 29.5. The minimum absolute atomic E-state index is 0.198. The predicted molar refractivity (Wildman–Crippen MR) is 212 cm³/mol. The normalized spacial score (nSPS) is 16.0. The molecule has 51 heavy (non-hydrogen) atoms. The van der Waals surface area contributed by atoms with Crippen molar-refractivity contribution in [2.75, 3.05) is 0 Å². The average molecular weight is 659 g/mol. The molecule has 0 bridgehead atoms. The Bertz CT molecular complexity index is 3420.